The number of pyridine rings is 1. The van der Waals surface area contributed by atoms with Gasteiger partial charge in [0.1, 0.15) is 0 Å². The van der Waals surface area contributed by atoms with Crippen LogP contribution in [0.2, 0.25) is 0 Å². The first kappa shape index (κ1) is 13.6. The quantitative estimate of drug-likeness (QED) is 0.354. The zero-order chi connectivity index (χ0) is 14.7. The summed E-state index contributed by atoms with van der Waals surface area (Å²) in [5, 5.41) is 4.72. The van der Waals surface area contributed by atoms with Crippen LogP contribution in [0.3, 0.4) is 0 Å². The molecule has 2 aromatic carbocycles. The molecule has 0 N–H and O–H groups in total. The van der Waals surface area contributed by atoms with Crippen molar-refractivity contribution in [1.29, 1.82) is 0 Å². The highest BCUT2D eigenvalue weighted by atomic mass is 79.9. The van der Waals surface area contributed by atoms with E-state index in [1.807, 2.05) is 36.4 Å². The van der Waals surface area contributed by atoms with Gasteiger partial charge in [0, 0.05) is 21.0 Å². The fraction of sp³-hybridized carbons (Fsp3) is 0.0625. The lowest BCUT2D eigenvalue weighted by molar-refractivity contribution is 1.04. The van der Waals surface area contributed by atoms with E-state index in [1.165, 1.54) is 0 Å². The standard InChI is InChI=1S/C16H11BrN4/c17-15-7-6-13-12(11-4-2-1-3-5-11)8-9-19-16(13)14(15)10-20-21-18/h1-9H,10H2. The molecule has 21 heavy (non-hydrogen) atoms. The van der Waals surface area contributed by atoms with Crippen molar-refractivity contribution in [2.24, 2.45) is 5.11 Å². The number of fused-ring (bicyclic) bond motifs is 1. The Morgan fingerprint density at radius 1 is 1.10 bits per heavy atom. The third kappa shape index (κ3) is 2.61. The zero-order valence-electron chi connectivity index (χ0n) is 11.1. The molecule has 0 amide bonds. The molecule has 4 nitrogen and oxygen atoms in total. The summed E-state index contributed by atoms with van der Waals surface area (Å²) in [5.41, 5.74) is 12.6. The minimum absolute atomic E-state index is 0.277. The van der Waals surface area contributed by atoms with E-state index in [1.54, 1.807) is 6.20 Å². The lowest BCUT2D eigenvalue weighted by Gasteiger charge is -2.10. The second-order valence-corrected chi connectivity index (χ2v) is 5.39. The molecule has 1 aromatic heterocycles. The van der Waals surface area contributed by atoms with Gasteiger partial charge in [0.25, 0.3) is 0 Å². The van der Waals surface area contributed by atoms with Crippen LogP contribution in [0.4, 0.5) is 0 Å². The minimum atomic E-state index is 0.277. The van der Waals surface area contributed by atoms with E-state index in [4.69, 9.17) is 5.53 Å². The maximum absolute atomic E-state index is 8.55. The van der Waals surface area contributed by atoms with Gasteiger partial charge >= 0.3 is 0 Å². The van der Waals surface area contributed by atoms with E-state index in [9.17, 15) is 0 Å². The van der Waals surface area contributed by atoms with E-state index in [0.29, 0.717) is 0 Å². The Morgan fingerprint density at radius 3 is 2.67 bits per heavy atom. The van der Waals surface area contributed by atoms with Gasteiger partial charge in [0.2, 0.25) is 0 Å². The summed E-state index contributed by atoms with van der Waals surface area (Å²) in [6, 6.07) is 16.2. The van der Waals surface area contributed by atoms with Crippen LogP contribution < -0.4 is 0 Å². The molecule has 0 aliphatic rings. The Bertz CT molecular complexity index is 840. The predicted molar refractivity (Wildman–Crippen MR) is 87.7 cm³/mol. The first-order chi connectivity index (χ1) is 10.3. The molecule has 102 valence electrons. The fourth-order valence-corrected chi connectivity index (χ4v) is 2.82. The number of azide groups is 1. The first-order valence-corrected chi connectivity index (χ1v) is 7.23. The van der Waals surface area contributed by atoms with Crippen molar-refractivity contribution >= 4 is 26.8 Å². The Morgan fingerprint density at radius 2 is 1.90 bits per heavy atom. The van der Waals surface area contributed by atoms with Crippen molar-refractivity contribution in [3.8, 4) is 11.1 Å². The Labute approximate surface area is 130 Å². The number of hydrogen-bond acceptors (Lipinski definition) is 2. The summed E-state index contributed by atoms with van der Waals surface area (Å²) in [4.78, 5) is 7.30. The third-order valence-electron chi connectivity index (χ3n) is 3.34. The van der Waals surface area contributed by atoms with Crippen molar-refractivity contribution in [3.05, 3.63) is 75.2 Å². The van der Waals surface area contributed by atoms with Crippen LogP contribution in [-0.4, -0.2) is 4.98 Å². The fourth-order valence-electron chi connectivity index (χ4n) is 2.37. The SMILES string of the molecule is [N-]=[N+]=NCc1c(Br)ccc2c(-c3ccccc3)ccnc12. The van der Waals surface area contributed by atoms with Crippen LogP contribution in [0.5, 0.6) is 0 Å². The first-order valence-electron chi connectivity index (χ1n) is 6.43. The summed E-state index contributed by atoms with van der Waals surface area (Å²) < 4.78 is 0.903. The molecule has 0 atom stereocenters. The molecular weight excluding hydrogens is 328 g/mol. The van der Waals surface area contributed by atoms with Crippen molar-refractivity contribution in [2.45, 2.75) is 6.54 Å². The van der Waals surface area contributed by atoms with Crippen molar-refractivity contribution < 1.29 is 0 Å². The molecule has 0 spiro atoms. The molecule has 0 radical (unpaired) electrons. The summed E-state index contributed by atoms with van der Waals surface area (Å²) in [7, 11) is 0. The molecule has 1 heterocycles. The van der Waals surface area contributed by atoms with Crippen molar-refractivity contribution in [3.63, 3.8) is 0 Å². The third-order valence-corrected chi connectivity index (χ3v) is 4.08. The van der Waals surface area contributed by atoms with Gasteiger partial charge in [-0.15, -0.1) is 0 Å². The van der Waals surface area contributed by atoms with Crippen LogP contribution in [0.1, 0.15) is 5.56 Å². The smallest absolute Gasteiger partial charge is 0.0752 e. The highest BCUT2D eigenvalue weighted by molar-refractivity contribution is 9.10. The lowest BCUT2D eigenvalue weighted by Crippen LogP contribution is -1.91. The van der Waals surface area contributed by atoms with Gasteiger partial charge in [-0.3, -0.25) is 4.98 Å². The highest BCUT2D eigenvalue weighted by Crippen LogP contribution is 2.32. The summed E-state index contributed by atoms with van der Waals surface area (Å²) in [5.74, 6) is 0. The number of rotatable bonds is 3. The average molecular weight is 339 g/mol. The van der Waals surface area contributed by atoms with Crippen LogP contribution >= 0.6 is 15.9 Å². The molecule has 0 fully saturated rings. The van der Waals surface area contributed by atoms with Crippen molar-refractivity contribution in [2.75, 3.05) is 0 Å². The molecule has 0 aliphatic carbocycles. The molecule has 5 heteroatoms. The van der Waals surface area contributed by atoms with Crippen LogP contribution in [0.25, 0.3) is 32.5 Å². The molecule has 0 bridgehead atoms. The number of benzene rings is 2. The van der Waals surface area contributed by atoms with Crippen LogP contribution in [0.15, 0.2) is 64.3 Å². The molecule has 3 aromatic rings. The molecule has 0 aliphatic heterocycles. The van der Waals surface area contributed by atoms with E-state index in [2.05, 4.69) is 43.1 Å². The largest absolute Gasteiger partial charge is 0.256 e. The van der Waals surface area contributed by atoms with Gasteiger partial charge in [-0.05, 0) is 34.4 Å². The van der Waals surface area contributed by atoms with E-state index < -0.39 is 0 Å². The molecule has 0 saturated heterocycles. The van der Waals surface area contributed by atoms with Gasteiger partial charge in [0.05, 0.1) is 12.1 Å². The molecule has 0 unspecified atom stereocenters. The van der Waals surface area contributed by atoms with Crippen molar-refractivity contribution in [1.82, 2.24) is 4.98 Å². The van der Waals surface area contributed by atoms with Crippen LogP contribution in [-0.2, 0) is 6.54 Å². The minimum Gasteiger partial charge on any atom is -0.256 e. The number of aromatic nitrogens is 1. The predicted octanol–water partition coefficient (Wildman–Crippen LogP) is 5.47. The zero-order valence-corrected chi connectivity index (χ0v) is 12.7. The van der Waals surface area contributed by atoms with E-state index in [-0.39, 0.29) is 6.54 Å². The van der Waals surface area contributed by atoms with E-state index in [0.717, 1.165) is 32.1 Å². The number of hydrogen-bond donors (Lipinski definition) is 0. The van der Waals surface area contributed by atoms with Gasteiger partial charge in [-0.2, -0.15) is 0 Å². The summed E-state index contributed by atoms with van der Waals surface area (Å²) in [6.45, 7) is 0.277. The Balaban J connectivity index is 2.28. The van der Waals surface area contributed by atoms with Gasteiger partial charge < -0.3 is 0 Å². The summed E-state index contributed by atoms with van der Waals surface area (Å²) >= 11 is 3.51. The summed E-state index contributed by atoms with van der Waals surface area (Å²) in [6.07, 6.45) is 1.79. The maximum atomic E-state index is 8.55. The normalized spacial score (nSPS) is 10.3. The number of nitrogens with zero attached hydrogens (tertiary/aromatic N) is 4. The van der Waals surface area contributed by atoms with E-state index >= 15 is 0 Å². The Hall–Kier alpha value is -2.36. The molecular formula is C16H11BrN4. The van der Waals surface area contributed by atoms with Gasteiger partial charge in [0.15, 0.2) is 0 Å². The van der Waals surface area contributed by atoms with Crippen LogP contribution in [0, 0.1) is 0 Å². The molecule has 0 saturated carbocycles. The second-order valence-electron chi connectivity index (χ2n) is 4.54. The average Bonchev–Trinajstić information content (AvgIpc) is 2.54. The highest BCUT2D eigenvalue weighted by Gasteiger charge is 2.10. The lowest BCUT2D eigenvalue weighted by atomic mass is 9.99. The second kappa shape index (κ2) is 5.95. The topological polar surface area (TPSA) is 61.7 Å². The van der Waals surface area contributed by atoms with Gasteiger partial charge in [-0.25, -0.2) is 0 Å². The van der Waals surface area contributed by atoms with Gasteiger partial charge in [-0.1, -0.05) is 57.4 Å². The number of halogens is 1. The maximum Gasteiger partial charge on any atom is 0.0752 e. The Kier molecular flexibility index (Phi) is 3.86. The monoisotopic (exact) mass is 338 g/mol. The molecule has 3 rings (SSSR count).